The minimum atomic E-state index is -0.180. The van der Waals surface area contributed by atoms with Crippen LogP contribution in [-0.4, -0.2) is 11.2 Å². The van der Waals surface area contributed by atoms with Gasteiger partial charge in [0.2, 0.25) is 0 Å². The molecule has 1 atom stereocenters. The van der Waals surface area contributed by atoms with Crippen LogP contribution in [0.25, 0.3) is 11.8 Å². The van der Waals surface area contributed by atoms with Crippen molar-refractivity contribution in [3.8, 4) is 11.5 Å². The Kier molecular flexibility index (Phi) is 7.06. The normalized spacial score (nSPS) is 15.8. The summed E-state index contributed by atoms with van der Waals surface area (Å²) in [5, 5.41) is 0. The van der Waals surface area contributed by atoms with Gasteiger partial charge in [-0.25, -0.2) is 4.99 Å². The maximum absolute atomic E-state index is 14.1. The Balaban J connectivity index is 1.31. The Labute approximate surface area is 248 Å². The van der Waals surface area contributed by atoms with E-state index < -0.39 is 0 Å². The molecule has 0 bridgehead atoms. The molecule has 0 unspecified atom stereocenters. The molecular formula is C36H30N2O3S. The molecule has 0 spiro atoms. The predicted molar refractivity (Wildman–Crippen MR) is 168 cm³/mol. The second-order valence-electron chi connectivity index (χ2n) is 10.4. The van der Waals surface area contributed by atoms with E-state index in [1.165, 1.54) is 28.0 Å². The second kappa shape index (κ2) is 11.3. The number of ether oxygens (including phenoxy) is 2. The molecule has 208 valence electrons. The van der Waals surface area contributed by atoms with Gasteiger partial charge in [0.15, 0.2) is 16.3 Å². The van der Waals surface area contributed by atoms with Gasteiger partial charge in [-0.15, -0.1) is 0 Å². The number of aryl methyl sites for hydroxylation is 1. The van der Waals surface area contributed by atoms with E-state index >= 15 is 0 Å². The number of benzene rings is 4. The average molecular weight is 571 g/mol. The first-order valence-electron chi connectivity index (χ1n) is 14.3. The van der Waals surface area contributed by atoms with Gasteiger partial charge in [-0.05, 0) is 65.8 Å². The quantitative estimate of drug-likeness (QED) is 0.231. The maximum atomic E-state index is 14.1. The third-order valence-electron chi connectivity index (χ3n) is 7.79. The van der Waals surface area contributed by atoms with Crippen molar-refractivity contribution in [3.05, 3.63) is 156 Å². The molecule has 0 saturated carbocycles. The zero-order valence-electron chi connectivity index (χ0n) is 23.3. The summed E-state index contributed by atoms with van der Waals surface area (Å²) >= 11 is 1.44. The van der Waals surface area contributed by atoms with Crippen molar-refractivity contribution < 1.29 is 9.47 Å². The fraction of sp³-hybridized carbons (Fsp3) is 0.167. The van der Waals surface area contributed by atoms with Gasteiger partial charge in [-0.2, -0.15) is 0 Å². The van der Waals surface area contributed by atoms with Gasteiger partial charge >= 0.3 is 0 Å². The maximum Gasteiger partial charge on any atom is 0.271 e. The summed E-state index contributed by atoms with van der Waals surface area (Å²) in [4.78, 5) is 19.9. The van der Waals surface area contributed by atoms with E-state index in [9.17, 15) is 4.79 Å². The van der Waals surface area contributed by atoms with Crippen molar-refractivity contribution in [2.75, 3.05) is 6.61 Å². The Morgan fingerprint density at radius 1 is 0.881 bits per heavy atom. The first kappa shape index (κ1) is 26.2. The number of allylic oxidation sites excluding steroid dienone is 1. The van der Waals surface area contributed by atoms with Crippen LogP contribution < -0.4 is 24.4 Å². The number of hydrogen-bond donors (Lipinski definition) is 0. The van der Waals surface area contributed by atoms with Gasteiger partial charge in [0.1, 0.15) is 6.61 Å². The summed E-state index contributed by atoms with van der Waals surface area (Å²) in [5.41, 5.74) is 7.73. The van der Waals surface area contributed by atoms with Crippen LogP contribution in [0.1, 0.15) is 47.2 Å². The highest BCUT2D eigenvalue weighted by Crippen LogP contribution is 2.41. The molecule has 1 aliphatic heterocycles. The van der Waals surface area contributed by atoms with Crippen molar-refractivity contribution in [1.29, 1.82) is 0 Å². The molecule has 7 rings (SSSR count). The first-order valence-corrected chi connectivity index (χ1v) is 15.1. The van der Waals surface area contributed by atoms with Crippen molar-refractivity contribution in [2.24, 2.45) is 4.99 Å². The van der Waals surface area contributed by atoms with Crippen LogP contribution in [-0.2, 0) is 13.0 Å². The smallest absolute Gasteiger partial charge is 0.271 e. The van der Waals surface area contributed by atoms with Crippen LogP contribution in [0, 0.1) is 0 Å². The SMILES string of the molecule is CCOc1cc(/C=c2/sc3n(c2=O)[C@H](c2ccccc2)C2=C(N=3)c3ccccc3CC2)ccc1OCc1ccccc1. The number of rotatable bonds is 7. The number of nitrogens with zero attached hydrogens (tertiary/aromatic N) is 2. The lowest BCUT2D eigenvalue weighted by Crippen LogP contribution is -2.38. The van der Waals surface area contributed by atoms with Crippen LogP contribution in [0.5, 0.6) is 11.5 Å². The van der Waals surface area contributed by atoms with Crippen LogP contribution >= 0.6 is 11.3 Å². The molecular weight excluding hydrogens is 540 g/mol. The molecule has 0 radical (unpaired) electrons. The van der Waals surface area contributed by atoms with Crippen LogP contribution in [0.15, 0.2) is 118 Å². The fourth-order valence-corrected chi connectivity index (χ4v) is 6.85. The minimum Gasteiger partial charge on any atom is -0.490 e. The van der Waals surface area contributed by atoms with Crippen molar-refractivity contribution in [2.45, 2.75) is 32.4 Å². The summed E-state index contributed by atoms with van der Waals surface area (Å²) in [6.45, 7) is 2.92. The minimum absolute atomic E-state index is 0.0274. The lowest BCUT2D eigenvalue weighted by atomic mass is 9.83. The van der Waals surface area contributed by atoms with Crippen LogP contribution in [0.3, 0.4) is 0 Å². The molecule has 0 saturated heterocycles. The number of aromatic nitrogens is 1. The summed E-state index contributed by atoms with van der Waals surface area (Å²) in [5.74, 6) is 1.33. The van der Waals surface area contributed by atoms with Gasteiger partial charge in [0, 0.05) is 5.56 Å². The van der Waals surface area contributed by atoms with Gasteiger partial charge in [-0.1, -0.05) is 102 Å². The highest BCUT2D eigenvalue weighted by atomic mass is 32.1. The Morgan fingerprint density at radius 3 is 2.45 bits per heavy atom. The Bertz CT molecular complexity index is 1970. The Hall–Kier alpha value is -4.68. The van der Waals surface area contributed by atoms with E-state index in [2.05, 4.69) is 36.4 Å². The third-order valence-corrected chi connectivity index (χ3v) is 8.77. The van der Waals surface area contributed by atoms with Crippen molar-refractivity contribution in [3.63, 3.8) is 0 Å². The molecule has 6 heteroatoms. The summed E-state index contributed by atoms with van der Waals surface area (Å²) in [7, 11) is 0. The zero-order chi connectivity index (χ0) is 28.5. The number of fused-ring (bicyclic) bond motifs is 3. The van der Waals surface area contributed by atoms with E-state index in [4.69, 9.17) is 14.5 Å². The summed E-state index contributed by atoms with van der Waals surface area (Å²) in [6, 6.07) is 34.5. The predicted octanol–water partition coefficient (Wildman–Crippen LogP) is 6.30. The fourth-order valence-electron chi connectivity index (χ4n) is 5.85. The van der Waals surface area contributed by atoms with E-state index in [-0.39, 0.29) is 11.6 Å². The van der Waals surface area contributed by atoms with Crippen molar-refractivity contribution in [1.82, 2.24) is 4.57 Å². The van der Waals surface area contributed by atoms with E-state index in [1.54, 1.807) is 0 Å². The molecule has 2 aliphatic rings. The largest absolute Gasteiger partial charge is 0.490 e. The monoisotopic (exact) mass is 570 g/mol. The second-order valence-corrected chi connectivity index (χ2v) is 11.4. The molecule has 5 aromatic rings. The average Bonchev–Trinajstić information content (AvgIpc) is 3.34. The molecule has 1 aliphatic carbocycles. The molecule has 1 aromatic heterocycles. The zero-order valence-corrected chi connectivity index (χ0v) is 24.1. The third kappa shape index (κ3) is 4.88. The molecule has 42 heavy (non-hydrogen) atoms. The van der Waals surface area contributed by atoms with Crippen LogP contribution in [0.2, 0.25) is 0 Å². The van der Waals surface area contributed by atoms with Gasteiger partial charge in [0.05, 0.1) is 22.9 Å². The topological polar surface area (TPSA) is 52.8 Å². The van der Waals surface area contributed by atoms with Gasteiger partial charge < -0.3 is 9.47 Å². The lowest BCUT2D eigenvalue weighted by molar-refractivity contribution is 0.269. The summed E-state index contributed by atoms with van der Waals surface area (Å²) < 4.78 is 14.6. The first-order chi connectivity index (χ1) is 20.7. The highest BCUT2D eigenvalue weighted by molar-refractivity contribution is 7.07. The molecule has 4 aromatic carbocycles. The van der Waals surface area contributed by atoms with Gasteiger partial charge in [0.25, 0.3) is 5.56 Å². The molecule has 2 heterocycles. The highest BCUT2D eigenvalue weighted by Gasteiger charge is 2.32. The standard InChI is InChI=1S/C36H30N2O3S/c1-2-40-31-21-25(17-20-30(31)41-23-24-11-5-3-6-12-24)22-32-35(39)38-34(27-14-7-4-8-15-27)29-19-18-26-13-9-10-16-28(26)33(29)37-36(38)42-32/h3-17,20-22,34H,2,18-19,23H2,1H3/b32-22+/t34-/m1/s1. The van der Waals surface area contributed by atoms with Crippen molar-refractivity contribution >= 4 is 23.1 Å². The molecule has 5 nitrogen and oxygen atoms in total. The van der Waals surface area contributed by atoms with E-state index in [1.807, 2.05) is 84.3 Å². The molecule has 0 amide bonds. The molecule has 0 N–H and O–H groups in total. The number of hydrogen-bond acceptors (Lipinski definition) is 5. The van der Waals surface area contributed by atoms with E-state index in [0.717, 1.165) is 40.0 Å². The lowest BCUT2D eigenvalue weighted by Gasteiger charge is -2.30. The Morgan fingerprint density at radius 2 is 1.64 bits per heavy atom. The number of thiazole rings is 1. The van der Waals surface area contributed by atoms with Gasteiger partial charge in [-0.3, -0.25) is 9.36 Å². The summed E-state index contributed by atoms with van der Waals surface area (Å²) in [6.07, 6.45) is 3.75. The van der Waals surface area contributed by atoms with E-state index in [0.29, 0.717) is 29.2 Å². The van der Waals surface area contributed by atoms with Crippen LogP contribution in [0.4, 0.5) is 0 Å². The molecule has 0 fully saturated rings.